The average molecular weight is 325 g/mol. The molecule has 1 fully saturated rings. The molecule has 0 unspecified atom stereocenters. The van der Waals surface area contributed by atoms with E-state index in [1.165, 1.54) is 11.6 Å². The molecule has 3 rings (SSSR count). The van der Waals surface area contributed by atoms with Gasteiger partial charge in [-0.2, -0.15) is 0 Å². The number of amides is 1. The quantitative estimate of drug-likeness (QED) is 0.676. The molecule has 2 N–H and O–H groups in total. The number of nitrogens with two attached hydrogens (primary N) is 1. The van der Waals surface area contributed by atoms with Crippen molar-refractivity contribution >= 4 is 11.6 Å². The zero-order chi connectivity index (χ0) is 17.1. The van der Waals surface area contributed by atoms with Crippen molar-refractivity contribution < 1.29 is 9.72 Å². The molecule has 1 atom stereocenters. The third kappa shape index (κ3) is 3.28. The molecule has 124 valence electrons. The van der Waals surface area contributed by atoms with Crippen molar-refractivity contribution in [3.05, 3.63) is 75.3 Å². The second kappa shape index (κ2) is 6.80. The van der Waals surface area contributed by atoms with E-state index in [9.17, 15) is 14.9 Å². The summed E-state index contributed by atoms with van der Waals surface area (Å²) in [6, 6.07) is 14.9. The van der Waals surface area contributed by atoms with Crippen LogP contribution in [0, 0.1) is 10.1 Å². The van der Waals surface area contributed by atoms with Gasteiger partial charge >= 0.3 is 0 Å². The lowest BCUT2D eigenvalue weighted by Gasteiger charge is -2.24. The maximum atomic E-state index is 11.4. The van der Waals surface area contributed by atoms with Gasteiger partial charge in [-0.3, -0.25) is 19.8 Å². The number of carbonyl (C=O) groups excluding carboxylic acids is 1. The minimum absolute atomic E-state index is 0.0509. The molecule has 24 heavy (non-hydrogen) atoms. The van der Waals surface area contributed by atoms with Crippen LogP contribution in [-0.2, 0) is 6.54 Å². The number of nitro benzene ring substituents is 1. The van der Waals surface area contributed by atoms with Gasteiger partial charge in [0.15, 0.2) is 0 Å². The number of rotatable bonds is 5. The van der Waals surface area contributed by atoms with Crippen LogP contribution in [0.15, 0.2) is 48.5 Å². The molecule has 0 saturated carbocycles. The summed E-state index contributed by atoms with van der Waals surface area (Å²) in [5.74, 6) is -0.659. The first-order valence-corrected chi connectivity index (χ1v) is 7.92. The van der Waals surface area contributed by atoms with Crippen LogP contribution in [0.3, 0.4) is 0 Å². The molecular weight excluding hydrogens is 306 g/mol. The molecule has 2 aromatic carbocycles. The topological polar surface area (TPSA) is 89.5 Å². The fourth-order valence-corrected chi connectivity index (χ4v) is 3.31. The molecule has 1 heterocycles. The van der Waals surface area contributed by atoms with E-state index in [1.54, 1.807) is 12.1 Å². The molecule has 0 aromatic heterocycles. The molecule has 6 heteroatoms. The van der Waals surface area contributed by atoms with Crippen LogP contribution in [0.5, 0.6) is 0 Å². The van der Waals surface area contributed by atoms with E-state index >= 15 is 0 Å². The average Bonchev–Trinajstić information content (AvgIpc) is 3.03. The van der Waals surface area contributed by atoms with E-state index in [2.05, 4.69) is 17.0 Å². The zero-order valence-electron chi connectivity index (χ0n) is 13.2. The molecule has 2 aromatic rings. The van der Waals surface area contributed by atoms with Gasteiger partial charge < -0.3 is 5.73 Å². The van der Waals surface area contributed by atoms with Gasteiger partial charge in [-0.1, -0.05) is 36.4 Å². The number of hydrogen-bond acceptors (Lipinski definition) is 4. The van der Waals surface area contributed by atoms with Crippen LogP contribution < -0.4 is 5.73 Å². The smallest absolute Gasteiger partial charge is 0.274 e. The highest BCUT2D eigenvalue weighted by molar-refractivity contribution is 5.93. The molecule has 6 nitrogen and oxygen atoms in total. The largest absolute Gasteiger partial charge is 0.366 e. The molecular formula is C18H19N3O3. The van der Waals surface area contributed by atoms with Crippen LogP contribution in [0.4, 0.5) is 5.69 Å². The third-order valence-corrected chi connectivity index (χ3v) is 4.49. The Morgan fingerprint density at radius 1 is 1.25 bits per heavy atom. The molecule has 0 aliphatic carbocycles. The van der Waals surface area contributed by atoms with Gasteiger partial charge in [0.25, 0.3) is 5.69 Å². The highest BCUT2D eigenvalue weighted by Gasteiger charge is 2.28. The zero-order valence-corrected chi connectivity index (χ0v) is 13.2. The van der Waals surface area contributed by atoms with Crippen molar-refractivity contribution in [2.45, 2.75) is 25.4 Å². The van der Waals surface area contributed by atoms with Gasteiger partial charge in [0.2, 0.25) is 5.91 Å². The minimum Gasteiger partial charge on any atom is -0.366 e. The maximum Gasteiger partial charge on any atom is 0.274 e. The monoisotopic (exact) mass is 325 g/mol. The van der Waals surface area contributed by atoms with E-state index in [0.717, 1.165) is 19.4 Å². The van der Waals surface area contributed by atoms with Crippen LogP contribution >= 0.6 is 0 Å². The fraction of sp³-hybridized carbons (Fsp3) is 0.278. The van der Waals surface area contributed by atoms with E-state index in [4.69, 9.17) is 5.73 Å². The van der Waals surface area contributed by atoms with Crippen LogP contribution in [0.2, 0.25) is 0 Å². The second-order valence-electron chi connectivity index (χ2n) is 6.00. The molecule has 0 bridgehead atoms. The first-order valence-electron chi connectivity index (χ1n) is 7.92. The van der Waals surface area contributed by atoms with Crippen molar-refractivity contribution in [1.82, 2.24) is 4.90 Å². The summed E-state index contributed by atoms with van der Waals surface area (Å²) in [7, 11) is 0. The SMILES string of the molecule is NC(=O)c1ccc(CN2CCC[C@@H]2c2ccccc2)c([N+](=O)[O-])c1. The fourth-order valence-electron chi connectivity index (χ4n) is 3.31. The predicted molar refractivity (Wildman–Crippen MR) is 90.4 cm³/mol. The number of primary amides is 1. The summed E-state index contributed by atoms with van der Waals surface area (Å²) in [6.45, 7) is 1.38. The molecule has 1 aliphatic heterocycles. The Labute approximate surface area is 140 Å². The Hall–Kier alpha value is -2.73. The minimum atomic E-state index is -0.659. The molecule has 1 aliphatic rings. The van der Waals surface area contributed by atoms with Crippen molar-refractivity contribution in [2.75, 3.05) is 6.54 Å². The van der Waals surface area contributed by atoms with E-state index in [0.29, 0.717) is 12.1 Å². The Morgan fingerprint density at radius 2 is 2.00 bits per heavy atom. The number of carbonyl (C=O) groups is 1. The van der Waals surface area contributed by atoms with Gasteiger partial charge in [0.1, 0.15) is 0 Å². The number of nitro groups is 1. The van der Waals surface area contributed by atoms with Crippen LogP contribution in [-0.4, -0.2) is 22.3 Å². The highest BCUT2D eigenvalue weighted by Crippen LogP contribution is 2.34. The summed E-state index contributed by atoms with van der Waals surface area (Å²) < 4.78 is 0. The second-order valence-corrected chi connectivity index (χ2v) is 6.00. The summed E-state index contributed by atoms with van der Waals surface area (Å²) in [4.78, 5) is 24.4. The van der Waals surface area contributed by atoms with E-state index < -0.39 is 10.8 Å². The van der Waals surface area contributed by atoms with Crippen molar-refractivity contribution in [1.29, 1.82) is 0 Å². The van der Waals surface area contributed by atoms with Crippen LogP contribution in [0.1, 0.15) is 40.4 Å². The van der Waals surface area contributed by atoms with E-state index in [1.807, 2.05) is 18.2 Å². The van der Waals surface area contributed by atoms with Crippen LogP contribution in [0.25, 0.3) is 0 Å². The lowest BCUT2D eigenvalue weighted by atomic mass is 10.0. The number of likely N-dealkylation sites (tertiary alicyclic amines) is 1. The van der Waals surface area contributed by atoms with Crippen molar-refractivity contribution in [3.63, 3.8) is 0 Å². The predicted octanol–water partition coefficient (Wildman–Crippen LogP) is 3.03. The standard InChI is InChI=1S/C18H19N3O3/c19-18(22)14-8-9-15(17(11-14)21(23)24)12-20-10-4-7-16(20)13-5-2-1-3-6-13/h1-3,5-6,8-9,11,16H,4,7,10,12H2,(H2,19,22)/t16-/m1/s1. The first-order chi connectivity index (χ1) is 11.6. The number of benzene rings is 2. The maximum absolute atomic E-state index is 11.4. The summed E-state index contributed by atoms with van der Waals surface area (Å²) in [5.41, 5.74) is 7.16. The van der Waals surface area contributed by atoms with Gasteiger partial charge in [0.05, 0.1) is 4.92 Å². The number of hydrogen-bond donors (Lipinski definition) is 1. The summed E-state index contributed by atoms with van der Waals surface area (Å²) >= 11 is 0. The van der Waals surface area contributed by atoms with Gasteiger partial charge in [-0.25, -0.2) is 0 Å². The van der Waals surface area contributed by atoms with Crippen molar-refractivity contribution in [3.8, 4) is 0 Å². The Kier molecular flexibility index (Phi) is 4.57. The van der Waals surface area contributed by atoms with Gasteiger partial charge in [0, 0.05) is 29.8 Å². The normalized spacial score (nSPS) is 17.8. The highest BCUT2D eigenvalue weighted by atomic mass is 16.6. The Balaban J connectivity index is 1.87. The Morgan fingerprint density at radius 3 is 2.67 bits per heavy atom. The third-order valence-electron chi connectivity index (χ3n) is 4.49. The van der Waals surface area contributed by atoms with Gasteiger partial charge in [-0.15, -0.1) is 0 Å². The first kappa shape index (κ1) is 16.1. The van der Waals surface area contributed by atoms with Gasteiger partial charge in [-0.05, 0) is 31.0 Å². The molecule has 1 saturated heterocycles. The van der Waals surface area contributed by atoms with E-state index in [-0.39, 0.29) is 17.3 Å². The summed E-state index contributed by atoms with van der Waals surface area (Å²) in [5, 5.41) is 11.4. The Bertz CT molecular complexity index is 761. The number of nitrogens with zero attached hydrogens (tertiary/aromatic N) is 2. The van der Waals surface area contributed by atoms with Crippen molar-refractivity contribution in [2.24, 2.45) is 5.73 Å². The lowest BCUT2D eigenvalue weighted by Crippen LogP contribution is -2.23. The molecule has 1 amide bonds. The summed E-state index contributed by atoms with van der Waals surface area (Å²) in [6.07, 6.45) is 2.10. The molecule has 0 spiro atoms. The lowest BCUT2D eigenvalue weighted by molar-refractivity contribution is -0.385. The molecule has 0 radical (unpaired) electrons.